The van der Waals surface area contributed by atoms with E-state index in [0.29, 0.717) is 6.04 Å². The second-order valence-corrected chi connectivity index (χ2v) is 5.15. The highest BCUT2D eigenvalue weighted by Gasteiger charge is 2.04. The van der Waals surface area contributed by atoms with Gasteiger partial charge >= 0.3 is 0 Å². The van der Waals surface area contributed by atoms with E-state index in [2.05, 4.69) is 30.3 Å². The predicted octanol–water partition coefficient (Wildman–Crippen LogP) is 3.75. The molecule has 2 rings (SSSR count). The molecule has 2 aromatic rings. The molecule has 1 heterocycles. The Morgan fingerprint density at radius 2 is 2.18 bits per heavy atom. The third kappa shape index (κ3) is 3.24. The molecule has 0 bridgehead atoms. The van der Waals surface area contributed by atoms with Gasteiger partial charge in [0.2, 0.25) is 0 Å². The molecule has 0 fully saturated rings. The summed E-state index contributed by atoms with van der Waals surface area (Å²) in [6.45, 7) is 5.40. The first kappa shape index (κ1) is 12.5. The third-order valence-electron chi connectivity index (χ3n) is 2.90. The number of halogens is 1. The van der Waals surface area contributed by atoms with Crippen LogP contribution in [0.25, 0.3) is 10.9 Å². The molecule has 0 saturated heterocycles. The van der Waals surface area contributed by atoms with Gasteiger partial charge in [-0.3, -0.25) is 0 Å². The van der Waals surface area contributed by atoms with Crippen molar-refractivity contribution in [1.82, 2.24) is 10.3 Å². The molecule has 2 N–H and O–H groups in total. The molecule has 0 aliphatic carbocycles. The Morgan fingerprint density at radius 3 is 2.94 bits per heavy atom. The van der Waals surface area contributed by atoms with E-state index in [9.17, 15) is 0 Å². The molecule has 1 aromatic heterocycles. The van der Waals surface area contributed by atoms with Crippen molar-refractivity contribution in [2.24, 2.45) is 0 Å². The minimum absolute atomic E-state index is 0.562. The first-order valence-corrected chi connectivity index (χ1v) is 6.53. The van der Waals surface area contributed by atoms with E-state index in [1.165, 1.54) is 16.5 Å². The maximum Gasteiger partial charge on any atom is 0.0457 e. The summed E-state index contributed by atoms with van der Waals surface area (Å²) in [6.07, 6.45) is 4.33. The van der Waals surface area contributed by atoms with E-state index >= 15 is 0 Å². The third-order valence-corrected chi connectivity index (χ3v) is 3.14. The SMILES string of the molecule is CC(C)NCCCc1c[nH]c2ccc(Cl)cc12. The van der Waals surface area contributed by atoms with Gasteiger partial charge < -0.3 is 10.3 Å². The molecule has 0 atom stereocenters. The molecule has 0 saturated carbocycles. The molecule has 0 amide bonds. The lowest BCUT2D eigenvalue weighted by atomic mass is 10.1. The fraction of sp³-hybridized carbons (Fsp3) is 0.429. The van der Waals surface area contributed by atoms with Crippen molar-refractivity contribution >= 4 is 22.5 Å². The van der Waals surface area contributed by atoms with Gasteiger partial charge in [-0.25, -0.2) is 0 Å². The van der Waals surface area contributed by atoms with Gasteiger partial charge in [-0.15, -0.1) is 0 Å². The van der Waals surface area contributed by atoms with Crippen molar-refractivity contribution < 1.29 is 0 Å². The summed E-state index contributed by atoms with van der Waals surface area (Å²) in [5.41, 5.74) is 2.52. The van der Waals surface area contributed by atoms with Gasteiger partial charge in [-0.2, -0.15) is 0 Å². The average Bonchev–Trinajstić information content (AvgIpc) is 2.67. The summed E-state index contributed by atoms with van der Waals surface area (Å²) in [7, 11) is 0. The number of hydrogen-bond donors (Lipinski definition) is 2. The van der Waals surface area contributed by atoms with Crippen LogP contribution in [-0.2, 0) is 6.42 Å². The van der Waals surface area contributed by atoms with Crippen LogP contribution in [0.1, 0.15) is 25.8 Å². The molecule has 0 aliphatic rings. The highest BCUT2D eigenvalue weighted by Crippen LogP contribution is 2.23. The highest BCUT2D eigenvalue weighted by molar-refractivity contribution is 6.31. The number of nitrogens with one attached hydrogen (secondary N) is 2. The zero-order valence-electron chi connectivity index (χ0n) is 10.4. The van der Waals surface area contributed by atoms with Gasteiger partial charge in [-0.05, 0) is 43.1 Å². The summed E-state index contributed by atoms with van der Waals surface area (Å²) in [5, 5.41) is 5.49. The van der Waals surface area contributed by atoms with Crippen molar-refractivity contribution in [3.63, 3.8) is 0 Å². The topological polar surface area (TPSA) is 27.8 Å². The summed E-state index contributed by atoms with van der Waals surface area (Å²) in [4.78, 5) is 3.29. The van der Waals surface area contributed by atoms with Crippen LogP contribution >= 0.6 is 11.6 Å². The molecule has 0 radical (unpaired) electrons. The molecule has 0 aliphatic heterocycles. The Bertz CT molecular complexity index is 488. The Labute approximate surface area is 107 Å². The molecule has 0 unspecified atom stereocenters. The molecule has 2 nitrogen and oxygen atoms in total. The van der Waals surface area contributed by atoms with Gasteiger partial charge in [0, 0.05) is 28.2 Å². The van der Waals surface area contributed by atoms with Crippen molar-refractivity contribution in [3.8, 4) is 0 Å². The monoisotopic (exact) mass is 250 g/mol. The van der Waals surface area contributed by atoms with Crippen LogP contribution < -0.4 is 5.32 Å². The van der Waals surface area contributed by atoms with Crippen LogP contribution in [0.4, 0.5) is 0 Å². The lowest BCUT2D eigenvalue weighted by Crippen LogP contribution is -2.23. The van der Waals surface area contributed by atoms with E-state index in [1.54, 1.807) is 0 Å². The standard InChI is InChI=1S/C14H19ClN2/c1-10(2)16-7-3-4-11-9-17-14-6-5-12(15)8-13(11)14/h5-6,8-10,16-17H,3-4,7H2,1-2H3. The van der Waals surface area contributed by atoms with Gasteiger partial charge in [0.05, 0.1) is 0 Å². The molecule has 1 aromatic carbocycles. The first-order chi connectivity index (χ1) is 8.16. The number of aromatic amines is 1. The molecule has 3 heteroatoms. The zero-order chi connectivity index (χ0) is 12.3. The number of fused-ring (bicyclic) bond motifs is 1. The Balaban J connectivity index is 2.01. The van der Waals surface area contributed by atoms with E-state index < -0.39 is 0 Å². The van der Waals surface area contributed by atoms with Crippen LogP contribution in [0.3, 0.4) is 0 Å². The predicted molar refractivity (Wildman–Crippen MR) is 74.8 cm³/mol. The highest BCUT2D eigenvalue weighted by atomic mass is 35.5. The second-order valence-electron chi connectivity index (χ2n) is 4.72. The second kappa shape index (κ2) is 5.56. The van der Waals surface area contributed by atoms with Gasteiger partial charge in [-0.1, -0.05) is 25.4 Å². The quantitative estimate of drug-likeness (QED) is 0.778. The van der Waals surface area contributed by atoms with Crippen LogP contribution in [0.2, 0.25) is 5.02 Å². The van der Waals surface area contributed by atoms with Gasteiger partial charge in [0.15, 0.2) is 0 Å². The fourth-order valence-electron chi connectivity index (χ4n) is 2.03. The molecule has 92 valence electrons. The van der Waals surface area contributed by atoms with E-state index in [1.807, 2.05) is 18.2 Å². The van der Waals surface area contributed by atoms with Crippen LogP contribution in [0.5, 0.6) is 0 Å². The minimum Gasteiger partial charge on any atom is -0.361 e. The Morgan fingerprint density at radius 1 is 1.35 bits per heavy atom. The lowest BCUT2D eigenvalue weighted by molar-refractivity contribution is 0.571. The normalized spacial score (nSPS) is 11.5. The number of rotatable bonds is 5. The zero-order valence-corrected chi connectivity index (χ0v) is 11.1. The summed E-state index contributed by atoms with van der Waals surface area (Å²) < 4.78 is 0. The lowest BCUT2D eigenvalue weighted by Gasteiger charge is -2.07. The van der Waals surface area contributed by atoms with Crippen molar-refractivity contribution in [1.29, 1.82) is 0 Å². The first-order valence-electron chi connectivity index (χ1n) is 6.15. The number of aromatic nitrogens is 1. The van der Waals surface area contributed by atoms with Crippen LogP contribution in [0, 0.1) is 0 Å². The maximum absolute atomic E-state index is 6.02. The summed E-state index contributed by atoms with van der Waals surface area (Å²) in [6, 6.07) is 6.56. The number of aryl methyl sites for hydroxylation is 1. The van der Waals surface area contributed by atoms with E-state index in [0.717, 1.165) is 24.4 Å². The summed E-state index contributed by atoms with van der Waals surface area (Å²) >= 11 is 6.02. The average molecular weight is 251 g/mol. The summed E-state index contributed by atoms with van der Waals surface area (Å²) in [5.74, 6) is 0. The van der Waals surface area contributed by atoms with Crippen molar-refractivity contribution in [2.45, 2.75) is 32.7 Å². The minimum atomic E-state index is 0.562. The Hall–Kier alpha value is -0.990. The fourth-order valence-corrected chi connectivity index (χ4v) is 2.20. The van der Waals surface area contributed by atoms with E-state index in [-0.39, 0.29) is 0 Å². The van der Waals surface area contributed by atoms with E-state index in [4.69, 9.17) is 11.6 Å². The van der Waals surface area contributed by atoms with Crippen molar-refractivity contribution in [2.75, 3.05) is 6.54 Å². The smallest absolute Gasteiger partial charge is 0.0457 e. The number of hydrogen-bond acceptors (Lipinski definition) is 1. The van der Waals surface area contributed by atoms with Gasteiger partial charge in [0.1, 0.15) is 0 Å². The molecular weight excluding hydrogens is 232 g/mol. The largest absolute Gasteiger partial charge is 0.361 e. The van der Waals surface area contributed by atoms with Crippen LogP contribution in [0.15, 0.2) is 24.4 Å². The maximum atomic E-state index is 6.02. The van der Waals surface area contributed by atoms with Gasteiger partial charge in [0.25, 0.3) is 0 Å². The van der Waals surface area contributed by atoms with Crippen LogP contribution in [-0.4, -0.2) is 17.6 Å². The molecular formula is C14H19ClN2. The Kier molecular flexibility index (Phi) is 4.08. The number of H-pyrrole nitrogens is 1. The number of benzene rings is 1. The molecule has 0 spiro atoms. The molecule has 17 heavy (non-hydrogen) atoms. The van der Waals surface area contributed by atoms with Crippen molar-refractivity contribution in [3.05, 3.63) is 35.0 Å².